The SMILES string of the molecule is Cn1cc(S(=O)(=O)N2CCCCC2CNC(=O)OC(C)(C)C)cn1. The van der Waals surface area contributed by atoms with Gasteiger partial charge in [0.15, 0.2) is 0 Å². The summed E-state index contributed by atoms with van der Waals surface area (Å²) >= 11 is 0. The number of alkyl carbamates (subject to hydrolysis) is 1. The average molecular weight is 358 g/mol. The monoisotopic (exact) mass is 358 g/mol. The first kappa shape index (κ1) is 18.7. The van der Waals surface area contributed by atoms with Gasteiger partial charge in [-0.05, 0) is 33.6 Å². The van der Waals surface area contributed by atoms with Gasteiger partial charge in [0.2, 0.25) is 10.0 Å². The molecule has 136 valence electrons. The maximum absolute atomic E-state index is 12.8. The molecule has 1 aromatic rings. The summed E-state index contributed by atoms with van der Waals surface area (Å²) in [6, 6.07) is -0.281. The number of nitrogens with zero attached hydrogens (tertiary/aromatic N) is 3. The number of rotatable bonds is 4. The molecule has 8 nitrogen and oxygen atoms in total. The molecule has 1 N–H and O–H groups in total. The minimum absolute atomic E-state index is 0.175. The van der Waals surface area contributed by atoms with Crippen LogP contribution in [0.4, 0.5) is 4.79 Å². The molecule has 1 amide bonds. The van der Waals surface area contributed by atoms with E-state index < -0.39 is 21.7 Å². The summed E-state index contributed by atoms with van der Waals surface area (Å²) < 4.78 is 33.8. The van der Waals surface area contributed by atoms with Crippen molar-refractivity contribution >= 4 is 16.1 Å². The first-order chi connectivity index (χ1) is 11.1. The second-order valence-corrected chi connectivity index (χ2v) is 8.89. The Bertz CT molecular complexity index is 678. The third kappa shape index (κ3) is 4.70. The minimum atomic E-state index is -3.62. The summed E-state index contributed by atoms with van der Waals surface area (Å²) in [4.78, 5) is 12.0. The summed E-state index contributed by atoms with van der Waals surface area (Å²) in [7, 11) is -1.94. The Morgan fingerprint density at radius 3 is 2.71 bits per heavy atom. The predicted octanol–water partition coefficient (Wildman–Crippen LogP) is 1.49. The smallest absolute Gasteiger partial charge is 0.407 e. The molecule has 1 aliphatic heterocycles. The summed E-state index contributed by atoms with van der Waals surface area (Å²) in [5.41, 5.74) is -0.585. The fourth-order valence-corrected chi connectivity index (χ4v) is 4.36. The van der Waals surface area contributed by atoms with E-state index in [0.717, 1.165) is 12.8 Å². The largest absolute Gasteiger partial charge is 0.444 e. The normalized spacial score (nSPS) is 19.9. The Balaban J connectivity index is 2.06. The summed E-state index contributed by atoms with van der Waals surface area (Å²) in [6.45, 7) is 6.03. The number of hydrogen-bond donors (Lipinski definition) is 1. The van der Waals surface area contributed by atoms with Gasteiger partial charge in [0, 0.05) is 32.4 Å². The lowest BCUT2D eigenvalue weighted by molar-refractivity contribution is 0.0512. The number of amides is 1. The second-order valence-electron chi connectivity index (χ2n) is 7.00. The molecule has 0 aliphatic carbocycles. The molecule has 0 bridgehead atoms. The van der Waals surface area contributed by atoms with Gasteiger partial charge in [-0.1, -0.05) is 6.42 Å². The highest BCUT2D eigenvalue weighted by Crippen LogP contribution is 2.24. The average Bonchev–Trinajstić information content (AvgIpc) is 2.91. The Morgan fingerprint density at radius 1 is 1.42 bits per heavy atom. The number of carbonyl (C=O) groups excluding carboxylic acids is 1. The van der Waals surface area contributed by atoms with Crippen molar-refractivity contribution in [2.24, 2.45) is 7.05 Å². The number of carbonyl (C=O) groups is 1. The predicted molar refractivity (Wildman–Crippen MR) is 89.0 cm³/mol. The number of ether oxygens (including phenoxy) is 1. The number of sulfonamides is 1. The van der Waals surface area contributed by atoms with Gasteiger partial charge in [0.25, 0.3) is 0 Å². The molecule has 0 aromatic carbocycles. The van der Waals surface area contributed by atoms with Crippen molar-refractivity contribution in [1.29, 1.82) is 0 Å². The van der Waals surface area contributed by atoms with Crippen LogP contribution in [0.15, 0.2) is 17.3 Å². The van der Waals surface area contributed by atoms with E-state index in [9.17, 15) is 13.2 Å². The van der Waals surface area contributed by atoms with Gasteiger partial charge in [0.05, 0.1) is 6.20 Å². The van der Waals surface area contributed by atoms with Crippen LogP contribution < -0.4 is 5.32 Å². The highest BCUT2D eigenvalue weighted by Gasteiger charge is 2.34. The van der Waals surface area contributed by atoms with Gasteiger partial charge < -0.3 is 10.1 Å². The molecule has 9 heteroatoms. The standard InChI is InChI=1S/C15H26N4O4S/c1-15(2,3)23-14(20)16-9-12-7-5-6-8-19(12)24(21,22)13-10-17-18(4)11-13/h10-12H,5-9H2,1-4H3,(H,16,20). The van der Waals surface area contributed by atoms with Crippen LogP contribution in [-0.4, -0.2) is 53.3 Å². The zero-order chi connectivity index (χ0) is 18.0. The van der Waals surface area contributed by atoms with Gasteiger partial charge in [-0.25, -0.2) is 13.2 Å². The minimum Gasteiger partial charge on any atom is -0.444 e. The van der Waals surface area contributed by atoms with Crippen LogP contribution in [-0.2, 0) is 21.8 Å². The fraction of sp³-hybridized carbons (Fsp3) is 0.733. The summed E-state index contributed by atoms with van der Waals surface area (Å²) in [5, 5.41) is 6.62. The van der Waals surface area contributed by atoms with Crippen molar-refractivity contribution in [3.05, 3.63) is 12.4 Å². The molecule has 0 saturated carbocycles. The fourth-order valence-electron chi connectivity index (χ4n) is 2.68. The van der Waals surface area contributed by atoms with E-state index in [2.05, 4.69) is 10.4 Å². The molecule has 2 rings (SSSR count). The lowest BCUT2D eigenvalue weighted by Gasteiger charge is -2.34. The molecule has 24 heavy (non-hydrogen) atoms. The molecule has 1 fully saturated rings. The van der Waals surface area contributed by atoms with Crippen LogP contribution in [0.25, 0.3) is 0 Å². The third-order valence-electron chi connectivity index (χ3n) is 3.74. The van der Waals surface area contributed by atoms with Gasteiger partial charge >= 0.3 is 6.09 Å². The molecule has 2 heterocycles. The van der Waals surface area contributed by atoms with E-state index in [1.807, 2.05) is 0 Å². The van der Waals surface area contributed by atoms with Crippen LogP contribution in [0, 0.1) is 0 Å². The lowest BCUT2D eigenvalue weighted by Crippen LogP contribution is -2.49. The number of piperidine rings is 1. The molecule has 1 saturated heterocycles. The van der Waals surface area contributed by atoms with E-state index in [4.69, 9.17) is 4.74 Å². The number of nitrogens with one attached hydrogen (secondary N) is 1. The van der Waals surface area contributed by atoms with Crippen LogP contribution in [0.5, 0.6) is 0 Å². The van der Waals surface area contributed by atoms with Crippen LogP contribution >= 0.6 is 0 Å². The molecule has 1 aliphatic rings. The zero-order valence-electron chi connectivity index (χ0n) is 14.7. The highest BCUT2D eigenvalue weighted by molar-refractivity contribution is 7.89. The highest BCUT2D eigenvalue weighted by atomic mass is 32.2. The van der Waals surface area contributed by atoms with E-state index in [-0.39, 0.29) is 17.5 Å². The molecular weight excluding hydrogens is 332 g/mol. The van der Waals surface area contributed by atoms with E-state index in [0.29, 0.717) is 13.0 Å². The number of aryl methyl sites for hydroxylation is 1. The Kier molecular flexibility index (Phi) is 5.54. The van der Waals surface area contributed by atoms with Gasteiger partial charge in [0.1, 0.15) is 10.5 Å². The maximum Gasteiger partial charge on any atom is 0.407 e. The number of aromatic nitrogens is 2. The molecule has 1 unspecified atom stereocenters. The van der Waals surface area contributed by atoms with Crippen molar-refractivity contribution in [2.75, 3.05) is 13.1 Å². The zero-order valence-corrected chi connectivity index (χ0v) is 15.5. The van der Waals surface area contributed by atoms with E-state index >= 15 is 0 Å². The van der Waals surface area contributed by atoms with Crippen LogP contribution in [0.2, 0.25) is 0 Å². The van der Waals surface area contributed by atoms with Crippen molar-refractivity contribution in [2.45, 2.75) is 56.6 Å². The van der Waals surface area contributed by atoms with Crippen molar-refractivity contribution in [3.63, 3.8) is 0 Å². The van der Waals surface area contributed by atoms with E-state index in [1.54, 1.807) is 27.8 Å². The molecular formula is C15H26N4O4S. The number of hydrogen-bond acceptors (Lipinski definition) is 5. The molecule has 0 spiro atoms. The summed E-state index contributed by atoms with van der Waals surface area (Å²) in [5.74, 6) is 0. The Hall–Kier alpha value is -1.61. The van der Waals surface area contributed by atoms with Crippen molar-refractivity contribution in [1.82, 2.24) is 19.4 Å². The maximum atomic E-state index is 12.8. The van der Waals surface area contributed by atoms with Gasteiger partial charge in [-0.2, -0.15) is 9.40 Å². The molecule has 1 atom stereocenters. The van der Waals surface area contributed by atoms with Crippen molar-refractivity contribution < 1.29 is 17.9 Å². The summed E-state index contributed by atoms with van der Waals surface area (Å²) in [6.07, 6.45) is 4.74. The first-order valence-electron chi connectivity index (χ1n) is 8.07. The molecule has 0 radical (unpaired) electrons. The Morgan fingerprint density at radius 2 is 2.12 bits per heavy atom. The van der Waals surface area contributed by atoms with E-state index in [1.165, 1.54) is 21.4 Å². The van der Waals surface area contributed by atoms with Crippen LogP contribution in [0.3, 0.4) is 0 Å². The lowest BCUT2D eigenvalue weighted by atomic mass is 10.1. The van der Waals surface area contributed by atoms with Crippen molar-refractivity contribution in [3.8, 4) is 0 Å². The molecule has 1 aromatic heterocycles. The van der Waals surface area contributed by atoms with Gasteiger partial charge in [-0.3, -0.25) is 4.68 Å². The Labute approximate surface area is 143 Å². The first-order valence-corrected chi connectivity index (χ1v) is 9.51. The topological polar surface area (TPSA) is 93.5 Å². The third-order valence-corrected chi connectivity index (χ3v) is 5.65. The quantitative estimate of drug-likeness (QED) is 0.880. The van der Waals surface area contributed by atoms with Crippen LogP contribution in [0.1, 0.15) is 40.0 Å². The second kappa shape index (κ2) is 7.10. The van der Waals surface area contributed by atoms with Gasteiger partial charge in [-0.15, -0.1) is 0 Å².